The van der Waals surface area contributed by atoms with Crippen LogP contribution in [-0.2, 0) is 10.2 Å². The van der Waals surface area contributed by atoms with Gasteiger partial charge in [0.2, 0.25) is 5.91 Å². The molecule has 0 radical (unpaired) electrons. The second-order valence-electron chi connectivity index (χ2n) is 10.3. The number of rotatable bonds is 9. The Labute approximate surface area is 270 Å². The molecule has 0 spiro atoms. The highest BCUT2D eigenvalue weighted by atomic mass is 35.5. The number of fused-ring (bicyclic) bond motifs is 3. The van der Waals surface area contributed by atoms with Crippen molar-refractivity contribution in [2.24, 2.45) is 21.8 Å². The van der Waals surface area contributed by atoms with Gasteiger partial charge in [-0.3, -0.25) is 9.80 Å². The lowest BCUT2D eigenvalue weighted by molar-refractivity contribution is -0.117. The number of amides is 1. The molecule has 0 bridgehead atoms. The first-order valence-corrected chi connectivity index (χ1v) is 14.4. The number of aromatic nitrogens is 4. The highest BCUT2D eigenvalue weighted by molar-refractivity contribution is 6.34. The number of carbonyl (C=O) groups is 1. The van der Waals surface area contributed by atoms with Gasteiger partial charge >= 0.3 is 0 Å². The summed E-state index contributed by atoms with van der Waals surface area (Å²) < 4.78 is 1.71. The zero-order chi connectivity index (χ0) is 33.2. The number of anilines is 1. The summed E-state index contributed by atoms with van der Waals surface area (Å²) in [5.74, 6) is 4.92. The highest BCUT2D eigenvalue weighted by Crippen LogP contribution is 2.46. The number of nitrogens with one attached hydrogen (secondary N) is 1. The van der Waals surface area contributed by atoms with Gasteiger partial charge in [0.15, 0.2) is 16.6 Å². The van der Waals surface area contributed by atoms with E-state index < -0.39 is 5.92 Å². The zero-order valence-electron chi connectivity index (χ0n) is 25.0. The van der Waals surface area contributed by atoms with Crippen molar-refractivity contribution < 1.29 is 15.0 Å². The molecule has 7 N–H and O–H groups in total. The Bertz CT molecular complexity index is 1490. The van der Waals surface area contributed by atoms with Gasteiger partial charge in [-0.05, 0) is 19.4 Å². The molecule has 1 amide bonds. The number of nitrogens with two attached hydrogens (primary N) is 2. The van der Waals surface area contributed by atoms with Crippen LogP contribution in [0.3, 0.4) is 0 Å². The number of aliphatic hydroxyl groups excluding tert-OH is 2. The van der Waals surface area contributed by atoms with Crippen LogP contribution in [0.25, 0.3) is 5.65 Å². The minimum absolute atomic E-state index is 0.0201. The maximum atomic E-state index is 13.2. The van der Waals surface area contributed by atoms with Crippen molar-refractivity contribution >= 4 is 64.6 Å². The molecule has 0 saturated heterocycles. The van der Waals surface area contributed by atoms with Crippen LogP contribution in [0.4, 0.5) is 5.69 Å². The van der Waals surface area contributed by atoms with E-state index in [1.54, 1.807) is 35.8 Å². The van der Waals surface area contributed by atoms with E-state index in [4.69, 9.17) is 56.6 Å². The molecule has 14 nitrogen and oxygen atoms in total. The van der Waals surface area contributed by atoms with Crippen LogP contribution < -0.4 is 16.9 Å². The van der Waals surface area contributed by atoms with E-state index in [0.29, 0.717) is 34.5 Å². The van der Waals surface area contributed by atoms with Crippen LogP contribution in [0, 0.1) is 0 Å². The van der Waals surface area contributed by atoms with E-state index in [-0.39, 0.29) is 47.6 Å². The number of allylic oxidation sites excluding steroid dienone is 1. The summed E-state index contributed by atoms with van der Waals surface area (Å²) in [7, 11) is 1.75. The molecule has 3 heterocycles. The topological polar surface area (TPSA) is 196 Å². The fourth-order valence-electron chi connectivity index (χ4n) is 4.28. The van der Waals surface area contributed by atoms with Crippen molar-refractivity contribution in [1.82, 2.24) is 29.7 Å². The smallest absolute Gasteiger partial charge is 0.232 e. The number of halogens is 3. The maximum Gasteiger partial charge on any atom is 0.232 e. The third kappa shape index (κ3) is 10.0. The summed E-state index contributed by atoms with van der Waals surface area (Å²) in [6, 6.07) is 3.22. The predicted molar refractivity (Wildman–Crippen MR) is 175 cm³/mol. The zero-order valence-corrected chi connectivity index (χ0v) is 27.3. The fraction of sp³-hybridized carbons (Fsp3) is 0.407. The Morgan fingerprint density at radius 2 is 1.86 bits per heavy atom. The lowest BCUT2D eigenvalue weighted by atomic mass is 9.88. The molecule has 1 aliphatic carbocycles. The molecule has 240 valence electrons. The lowest BCUT2D eigenvalue weighted by Crippen LogP contribution is -2.32. The van der Waals surface area contributed by atoms with Gasteiger partial charge in [-0.15, -0.1) is 5.10 Å². The molecule has 3 aromatic heterocycles. The molecule has 1 aliphatic rings. The average Bonchev–Trinajstić information content (AvgIpc) is 3.44. The fourth-order valence-corrected chi connectivity index (χ4v) is 4.72. The van der Waals surface area contributed by atoms with E-state index in [1.807, 2.05) is 0 Å². The van der Waals surface area contributed by atoms with E-state index in [1.165, 1.54) is 12.3 Å². The van der Waals surface area contributed by atoms with Crippen LogP contribution in [0.5, 0.6) is 0 Å². The number of amidine groups is 1. The van der Waals surface area contributed by atoms with E-state index in [0.717, 1.165) is 16.4 Å². The first-order valence-electron chi connectivity index (χ1n) is 13.2. The molecule has 3 aromatic rings. The Balaban J connectivity index is 0.000000526. The SMILES string of the molecule is C=C(C)Cl.C=NN(C)CCO.CC1(C)CC(C(=O)Nc2cnc(/C(N)=N/N(N)CCO)c(Cl)c2)c2cnc3cc(Cl)nn3c21. The molecule has 17 heteroatoms. The van der Waals surface area contributed by atoms with Crippen LogP contribution in [0.1, 0.15) is 50.1 Å². The number of hydrogen-bond donors (Lipinski definition) is 5. The van der Waals surface area contributed by atoms with Crippen molar-refractivity contribution in [2.45, 2.75) is 38.5 Å². The van der Waals surface area contributed by atoms with Crippen molar-refractivity contribution in [3.63, 3.8) is 0 Å². The Hall–Kier alpha value is -3.53. The van der Waals surface area contributed by atoms with Gasteiger partial charge in [0.1, 0.15) is 5.69 Å². The number of nitrogens with zero attached hydrogens (tertiary/aromatic N) is 8. The number of aliphatic hydroxyl groups is 2. The molecule has 0 aliphatic heterocycles. The minimum Gasteiger partial charge on any atom is -0.394 e. The van der Waals surface area contributed by atoms with Crippen LogP contribution in [0.2, 0.25) is 10.2 Å². The quantitative estimate of drug-likeness (QED) is 0.0977. The minimum atomic E-state index is -0.441. The predicted octanol–water partition coefficient (Wildman–Crippen LogP) is 2.91. The molecular weight excluding hydrogens is 633 g/mol. The molecule has 4 rings (SSSR count). The summed E-state index contributed by atoms with van der Waals surface area (Å²) >= 11 is 17.5. The first-order chi connectivity index (χ1) is 20.6. The number of pyridine rings is 1. The monoisotopic (exact) mass is 669 g/mol. The number of likely N-dealkylation sites (N-methyl/N-ethyl adjacent to an activating group) is 1. The van der Waals surface area contributed by atoms with E-state index in [2.05, 4.69) is 57.7 Å². The van der Waals surface area contributed by atoms with Gasteiger partial charge in [0, 0.05) is 42.0 Å². The normalized spacial score (nSPS) is 14.9. The summed E-state index contributed by atoms with van der Waals surface area (Å²) in [5, 5.41) is 35.5. The van der Waals surface area contributed by atoms with Crippen LogP contribution in [0.15, 0.2) is 46.3 Å². The van der Waals surface area contributed by atoms with Crippen LogP contribution in [-0.4, -0.2) is 91.7 Å². The molecule has 0 saturated carbocycles. The molecule has 0 fully saturated rings. The Morgan fingerprint density at radius 3 is 2.41 bits per heavy atom. The maximum absolute atomic E-state index is 13.2. The van der Waals surface area contributed by atoms with Crippen molar-refractivity contribution in [1.29, 1.82) is 0 Å². The second-order valence-corrected chi connectivity index (χ2v) is 11.7. The van der Waals surface area contributed by atoms with Crippen molar-refractivity contribution in [3.8, 4) is 0 Å². The van der Waals surface area contributed by atoms with Crippen molar-refractivity contribution in [2.75, 3.05) is 38.7 Å². The standard InChI is InChI=1S/C20H23Cl2N9O2.C4H10N2O.C3H5Cl/c1-20(2)7-11(12-9-25-15-6-14(22)28-31(15)17(12)20)19(33)27-10-5-13(21)16(26-8-10)18(23)29-30(24)3-4-32;1-5-6(2)3-4-7;1-3(2)4/h5-6,8-9,11,32H,3-4,7,24H2,1-2H3,(H2,23,29)(H,27,33);7H,1,3-4H2,2H3;1H2,2H3. The van der Waals surface area contributed by atoms with E-state index in [9.17, 15) is 4.79 Å². The number of hydrazone groups is 2. The third-order valence-corrected chi connectivity index (χ3v) is 6.58. The molecule has 0 aromatic carbocycles. The lowest BCUT2D eigenvalue weighted by Gasteiger charge is -2.19. The van der Waals surface area contributed by atoms with Crippen LogP contribution >= 0.6 is 34.8 Å². The van der Waals surface area contributed by atoms with Gasteiger partial charge in [-0.1, -0.05) is 55.2 Å². The summed E-state index contributed by atoms with van der Waals surface area (Å²) in [4.78, 5) is 21.8. The molecule has 1 atom stereocenters. The molecule has 1 unspecified atom stereocenters. The summed E-state index contributed by atoms with van der Waals surface area (Å²) in [6.07, 6.45) is 3.71. The number of carbonyl (C=O) groups excluding carboxylic acids is 1. The van der Waals surface area contributed by atoms with Gasteiger partial charge in [0.25, 0.3) is 0 Å². The summed E-state index contributed by atoms with van der Waals surface area (Å²) in [5.41, 5.74) is 8.53. The second kappa shape index (κ2) is 16.5. The Kier molecular flexibility index (Phi) is 13.8. The Morgan fingerprint density at radius 1 is 1.23 bits per heavy atom. The van der Waals surface area contributed by atoms with E-state index >= 15 is 0 Å². The average molecular weight is 671 g/mol. The molecule has 44 heavy (non-hydrogen) atoms. The summed E-state index contributed by atoms with van der Waals surface area (Å²) in [6.45, 7) is 13.0. The first kappa shape index (κ1) is 36.7. The van der Waals surface area contributed by atoms with Gasteiger partial charge in [-0.25, -0.2) is 25.4 Å². The van der Waals surface area contributed by atoms with Gasteiger partial charge in [-0.2, -0.15) is 10.2 Å². The highest BCUT2D eigenvalue weighted by Gasteiger charge is 2.43. The van der Waals surface area contributed by atoms with Gasteiger partial charge in [0.05, 0.1) is 54.8 Å². The number of hydrazine groups is 1. The number of hydrogen-bond acceptors (Lipinski definition) is 11. The third-order valence-electron chi connectivity index (χ3n) is 6.11. The largest absolute Gasteiger partial charge is 0.394 e. The van der Waals surface area contributed by atoms with Gasteiger partial charge < -0.3 is 21.3 Å². The molecular formula is C27H38Cl3N11O3. The van der Waals surface area contributed by atoms with Crippen molar-refractivity contribution in [3.05, 3.63) is 63.3 Å².